The van der Waals surface area contributed by atoms with Crippen molar-refractivity contribution >= 4 is 11.6 Å². The van der Waals surface area contributed by atoms with Gasteiger partial charge >= 0.3 is 6.18 Å². The van der Waals surface area contributed by atoms with E-state index in [4.69, 9.17) is 11.6 Å². The summed E-state index contributed by atoms with van der Waals surface area (Å²) in [6.45, 7) is -1.25. The van der Waals surface area contributed by atoms with Crippen LogP contribution in [-0.2, 0) is 4.74 Å². The molecular weight excluding hydrogens is 320 g/mol. The second-order valence-electron chi connectivity index (χ2n) is 4.24. The fourth-order valence-electron chi connectivity index (χ4n) is 1.71. The standard InChI is InChI=1S/C12H13ClF4O4/c1-20-5-11(19,12(15,16)17)10(18)6-3-4-7(21-2)9(14)8(6)13/h3-4,10,18-19H,5H2,1-2H3/t10?,11-/m1/s1. The van der Waals surface area contributed by atoms with Crippen molar-refractivity contribution in [1.82, 2.24) is 0 Å². The summed E-state index contributed by atoms with van der Waals surface area (Å²) < 4.78 is 61.5. The van der Waals surface area contributed by atoms with Crippen LogP contribution in [0.2, 0.25) is 5.02 Å². The Morgan fingerprint density at radius 2 is 1.86 bits per heavy atom. The van der Waals surface area contributed by atoms with Crippen LogP contribution in [0.5, 0.6) is 5.75 Å². The molecule has 120 valence electrons. The first kappa shape index (κ1) is 18.0. The molecule has 1 rings (SSSR count). The smallest absolute Gasteiger partial charge is 0.422 e. The Bertz CT molecular complexity index is 509. The molecule has 0 bridgehead atoms. The van der Waals surface area contributed by atoms with E-state index in [1.54, 1.807) is 0 Å². The summed E-state index contributed by atoms with van der Waals surface area (Å²) in [6.07, 6.45) is -7.76. The van der Waals surface area contributed by atoms with Gasteiger partial charge in [0.05, 0.1) is 18.7 Å². The molecule has 1 aromatic rings. The van der Waals surface area contributed by atoms with Crippen LogP contribution >= 0.6 is 11.6 Å². The fraction of sp³-hybridized carbons (Fsp3) is 0.500. The Kier molecular flexibility index (Phi) is 5.43. The van der Waals surface area contributed by atoms with Crippen molar-refractivity contribution in [1.29, 1.82) is 0 Å². The van der Waals surface area contributed by atoms with Gasteiger partial charge in [0.25, 0.3) is 0 Å². The largest absolute Gasteiger partial charge is 0.494 e. The molecule has 4 nitrogen and oxygen atoms in total. The molecule has 9 heteroatoms. The van der Waals surface area contributed by atoms with E-state index in [0.717, 1.165) is 26.4 Å². The van der Waals surface area contributed by atoms with E-state index in [1.165, 1.54) is 0 Å². The van der Waals surface area contributed by atoms with Gasteiger partial charge in [-0.25, -0.2) is 4.39 Å². The molecule has 0 saturated carbocycles. The van der Waals surface area contributed by atoms with Gasteiger partial charge in [0, 0.05) is 12.7 Å². The van der Waals surface area contributed by atoms with Crippen molar-refractivity contribution in [3.05, 3.63) is 28.5 Å². The van der Waals surface area contributed by atoms with Gasteiger partial charge in [-0.3, -0.25) is 0 Å². The van der Waals surface area contributed by atoms with Gasteiger partial charge in [-0.2, -0.15) is 13.2 Å². The fourth-order valence-corrected chi connectivity index (χ4v) is 1.97. The number of aliphatic hydroxyl groups excluding tert-OH is 1. The highest BCUT2D eigenvalue weighted by Crippen LogP contribution is 2.43. The minimum Gasteiger partial charge on any atom is -0.494 e. The summed E-state index contributed by atoms with van der Waals surface area (Å²) in [5.74, 6) is -1.45. The van der Waals surface area contributed by atoms with E-state index >= 15 is 0 Å². The Morgan fingerprint density at radius 3 is 2.29 bits per heavy atom. The van der Waals surface area contributed by atoms with Crippen molar-refractivity contribution in [2.45, 2.75) is 17.9 Å². The third kappa shape index (κ3) is 3.23. The molecule has 0 heterocycles. The maximum absolute atomic E-state index is 13.7. The van der Waals surface area contributed by atoms with Gasteiger partial charge in [0.1, 0.15) is 6.10 Å². The summed E-state index contributed by atoms with van der Waals surface area (Å²) in [6, 6.07) is 1.92. The number of halogens is 5. The summed E-state index contributed by atoms with van der Waals surface area (Å²) in [7, 11) is 2.06. The van der Waals surface area contributed by atoms with Crippen molar-refractivity contribution < 1.29 is 37.2 Å². The van der Waals surface area contributed by atoms with Crippen molar-refractivity contribution in [3.8, 4) is 5.75 Å². The maximum atomic E-state index is 13.7. The van der Waals surface area contributed by atoms with Crippen LogP contribution in [0.1, 0.15) is 11.7 Å². The summed E-state index contributed by atoms with van der Waals surface area (Å²) in [4.78, 5) is 0. The Labute approximate surface area is 122 Å². The average Bonchev–Trinajstić information content (AvgIpc) is 2.40. The molecule has 1 aromatic carbocycles. The lowest BCUT2D eigenvalue weighted by molar-refractivity contribution is -0.304. The van der Waals surface area contributed by atoms with Gasteiger partial charge in [-0.05, 0) is 6.07 Å². The van der Waals surface area contributed by atoms with Gasteiger partial charge in [0.15, 0.2) is 11.6 Å². The molecular formula is C12H13ClF4O4. The van der Waals surface area contributed by atoms with Gasteiger partial charge in [-0.15, -0.1) is 0 Å². The highest BCUT2D eigenvalue weighted by molar-refractivity contribution is 6.31. The topological polar surface area (TPSA) is 58.9 Å². The van der Waals surface area contributed by atoms with Crippen LogP contribution in [-0.4, -0.2) is 42.8 Å². The SMILES string of the molecule is COC[C@@](O)(C(O)c1ccc(OC)c(F)c1Cl)C(F)(F)F. The van der Waals surface area contributed by atoms with E-state index in [1.807, 2.05) is 0 Å². The van der Waals surface area contributed by atoms with E-state index in [-0.39, 0.29) is 5.75 Å². The van der Waals surface area contributed by atoms with Crippen LogP contribution in [0.25, 0.3) is 0 Å². The lowest BCUT2D eigenvalue weighted by Gasteiger charge is -2.34. The zero-order valence-electron chi connectivity index (χ0n) is 11.0. The molecule has 0 saturated heterocycles. The van der Waals surface area contributed by atoms with Crippen LogP contribution in [0.4, 0.5) is 17.6 Å². The lowest BCUT2D eigenvalue weighted by Crippen LogP contribution is -2.53. The monoisotopic (exact) mass is 332 g/mol. The molecule has 0 radical (unpaired) electrons. The number of benzene rings is 1. The highest BCUT2D eigenvalue weighted by atomic mass is 35.5. The van der Waals surface area contributed by atoms with Gasteiger partial charge < -0.3 is 19.7 Å². The predicted octanol–water partition coefficient (Wildman–Crippen LogP) is 2.46. The summed E-state index contributed by atoms with van der Waals surface area (Å²) >= 11 is 5.59. The number of hydrogen-bond donors (Lipinski definition) is 2. The van der Waals surface area contributed by atoms with E-state index < -0.39 is 40.9 Å². The van der Waals surface area contributed by atoms with Crippen molar-refractivity contribution in [3.63, 3.8) is 0 Å². The molecule has 0 spiro atoms. The highest BCUT2D eigenvalue weighted by Gasteiger charge is 2.59. The molecule has 0 aromatic heterocycles. The zero-order chi connectivity index (χ0) is 16.4. The molecule has 0 aliphatic carbocycles. The predicted molar refractivity (Wildman–Crippen MR) is 65.8 cm³/mol. The molecule has 0 fully saturated rings. The van der Waals surface area contributed by atoms with Crippen LogP contribution in [0.3, 0.4) is 0 Å². The minimum absolute atomic E-state index is 0.307. The molecule has 0 aliphatic rings. The molecule has 2 atom stereocenters. The average molecular weight is 333 g/mol. The first-order valence-electron chi connectivity index (χ1n) is 5.58. The van der Waals surface area contributed by atoms with Crippen molar-refractivity contribution in [2.24, 2.45) is 0 Å². The summed E-state index contributed by atoms with van der Waals surface area (Å²) in [5.41, 5.74) is -4.27. The van der Waals surface area contributed by atoms with Gasteiger partial charge in [-0.1, -0.05) is 17.7 Å². The minimum atomic E-state index is -5.22. The first-order chi connectivity index (χ1) is 9.60. The third-order valence-electron chi connectivity index (χ3n) is 2.90. The molecule has 0 aliphatic heterocycles. The Balaban J connectivity index is 3.35. The Morgan fingerprint density at radius 1 is 1.29 bits per heavy atom. The second kappa shape index (κ2) is 6.35. The van der Waals surface area contributed by atoms with Crippen LogP contribution in [0.15, 0.2) is 12.1 Å². The number of aliphatic hydroxyl groups is 2. The van der Waals surface area contributed by atoms with E-state index in [0.29, 0.717) is 0 Å². The normalized spacial score (nSPS) is 16.4. The zero-order valence-corrected chi connectivity index (χ0v) is 11.8. The molecule has 2 N–H and O–H groups in total. The Hall–Kier alpha value is -1.09. The van der Waals surface area contributed by atoms with E-state index in [9.17, 15) is 27.8 Å². The van der Waals surface area contributed by atoms with E-state index in [2.05, 4.69) is 9.47 Å². The summed E-state index contributed by atoms with van der Waals surface area (Å²) in [5, 5.41) is 18.8. The number of ether oxygens (including phenoxy) is 2. The first-order valence-corrected chi connectivity index (χ1v) is 5.96. The molecule has 1 unspecified atom stereocenters. The van der Waals surface area contributed by atoms with Crippen molar-refractivity contribution in [2.75, 3.05) is 20.8 Å². The molecule has 21 heavy (non-hydrogen) atoms. The number of alkyl halides is 3. The van der Waals surface area contributed by atoms with Crippen LogP contribution < -0.4 is 4.74 Å². The quantitative estimate of drug-likeness (QED) is 0.813. The number of rotatable bonds is 5. The number of hydrogen-bond acceptors (Lipinski definition) is 4. The van der Waals surface area contributed by atoms with Gasteiger partial charge in [0.2, 0.25) is 5.60 Å². The lowest BCUT2D eigenvalue weighted by atomic mass is 9.90. The second-order valence-corrected chi connectivity index (χ2v) is 4.62. The third-order valence-corrected chi connectivity index (χ3v) is 3.28. The molecule has 0 amide bonds. The van der Waals surface area contributed by atoms with Crippen LogP contribution in [0, 0.1) is 5.82 Å². The maximum Gasteiger partial charge on any atom is 0.422 e. The number of methoxy groups -OCH3 is 2.